The first-order valence-corrected chi connectivity index (χ1v) is 13.9. The highest BCUT2D eigenvalue weighted by atomic mass is 32.1. The van der Waals surface area contributed by atoms with Gasteiger partial charge in [0, 0.05) is 47.4 Å². The second-order valence-electron chi connectivity index (χ2n) is 9.35. The molecule has 0 spiro atoms. The molecule has 0 bridgehead atoms. The van der Waals surface area contributed by atoms with Crippen molar-refractivity contribution in [3.63, 3.8) is 0 Å². The van der Waals surface area contributed by atoms with E-state index in [1.54, 1.807) is 65.1 Å². The highest BCUT2D eigenvalue weighted by Gasteiger charge is 2.15. The van der Waals surface area contributed by atoms with Crippen molar-refractivity contribution < 1.29 is 34.2 Å². The molecule has 0 saturated heterocycles. The van der Waals surface area contributed by atoms with Gasteiger partial charge in [-0.2, -0.15) is 12.6 Å². The topological polar surface area (TPSA) is 193 Å². The van der Waals surface area contributed by atoms with Crippen LogP contribution < -0.4 is 0 Å². The Morgan fingerprint density at radius 2 is 1.00 bits per heavy atom. The van der Waals surface area contributed by atoms with Gasteiger partial charge in [0.15, 0.2) is 5.78 Å². The van der Waals surface area contributed by atoms with Gasteiger partial charge >= 0.3 is 5.97 Å². The molecule has 0 heterocycles. The van der Waals surface area contributed by atoms with E-state index in [-0.39, 0.29) is 58.5 Å². The molecule has 3 rings (SSSR count). The number of aryl methyl sites for hydroxylation is 3. The number of thiol groups is 1. The van der Waals surface area contributed by atoms with Crippen LogP contribution in [-0.4, -0.2) is 37.9 Å². The predicted molar refractivity (Wildman–Crippen MR) is 196 cm³/mol. The van der Waals surface area contributed by atoms with Crippen molar-refractivity contribution in [1.82, 2.24) is 0 Å². The zero-order valence-corrected chi connectivity index (χ0v) is 26.7. The normalized spacial score (nSPS) is 10.1. The van der Waals surface area contributed by atoms with E-state index in [2.05, 4.69) is 12.6 Å². The Bertz CT molecular complexity index is 1490. The monoisotopic (exact) mass is 695 g/mol. The highest BCUT2D eigenvalue weighted by molar-refractivity contribution is 7.79. The van der Waals surface area contributed by atoms with Crippen LogP contribution in [0.4, 0.5) is 17.1 Å². The van der Waals surface area contributed by atoms with Crippen LogP contribution >= 0.6 is 12.6 Å². The zero-order valence-electron chi connectivity index (χ0n) is 25.8. The standard InChI is InChI=1S/C11H13NO4.C9H11NO3.C9H9NO3.CH4S.4CH4/c1-7-6-10(8(2)16-9(3)13)4-5-11(7)12(14)15;2*1-6-5-8(7(2)11)3-4-9(6)10(12)13;1-2;;;;/h4-6,8H,1-3H3;3-5,7,11H,1-2H3;3-5H,1-2H3;2H,1H3;4*1H4/t;7-;;;;;;/m.1....../s1. The fourth-order valence-electron chi connectivity index (χ4n) is 3.68. The number of aliphatic hydroxyl groups excluding tert-OH is 1. The predicted octanol–water partition coefficient (Wildman–Crippen LogP) is 9.68. The maximum Gasteiger partial charge on any atom is 0.303 e. The van der Waals surface area contributed by atoms with E-state index in [4.69, 9.17) is 4.74 Å². The first-order valence-electron chi connectivity index (χ1n) is 13.0. The van der Waals surface area contributed by atoms with Crippen LogP contribution in [0.15, 0.2) is 54.6 Å². The molecule has 3 aromatic carbocycles. The molecule has 0 aliphatic rings. The van der Waals surface area contributed by atoms with E-state index >= 15 is 0 Å². The lowest BCUT2D eigenvalue weighted by atomic mass is 10.1. The van der Waals surface area contributed by atoms with Crippen molar-refractivity contribution in [2.24, 2.45) is 0 Å². The average Bonchev–Trinajstić information content (AvgIpc) is 2.93. The molecule has 48 heavy (non-hydrogen) atoms. The van der Waals surface area contributed by atoms with Crippen molar-refractivity contribution in [2.45, 2.75) is 90.4 Å². The number of aliphatic hydroxyl groups is 1. The number of ketones is 1. The van der Waals surface area contributed by atoms with Crippen molar-refractivity contribution in [2.75, 3.05) is 6.26 Å². The number of carbonyl (C=O) groups excluding carboxylic acids is 2. The van der Waals surface area contributed by atoms with Gasteiger partial charge in [0.2, 0.25) is 0 Å². The Morgan fingerprint density at radius 1 is 0.667 bits per heavy atom. The number of nitrogens with zero attached hydrogens (tertiary/aromatic N) is 3. The quantitative estimate of drug-likeness (QED) is 0.0790. The van der Waals surface area contributed by atoms with Crippen LogP contribution in [0.1, 0.15) is 108 Å². The fraction of sp³-hybridized carbons (Fsp3) is 0.412. The number of ether oxygens (including phenoxy) is 1. The third-order valence-corrected chi connectivity index (χ3v) is 5.93. The molecular weight excluding hydrogens is 642 g/mol. The summed E-state index contributed by atoms with van der Waals surface area (Å²) in [7, 11) is 0. The maximum absolute atomic E-state index is 10.9. The molecule has 0 amide bonds. The molecule has 270 valence electrons. The van der Waals surface area contributed by atoms with Gasteiger partial charge in [-0.3, -0.25) is 39.9 Å². The van der Waals surface area contributed by atoms with Crippen LogP contribution in [0.3, 0.4) is 0 Å². The lowest BCUT2D eigenvalue weighted by Crippen LogP contribution is -2.05. The molecule has 0 fully saturated rings. The number of Topliss-reactive ketones (excluding diaryl/α,β-unsaturated/α-hetero) is 1. The Labute approximate surface area is 290 Å². The van der Waals surface area contributed by atoms with E-state index < -0.39 is 27.0 Å². The number of rotatable bonds is 7. The number of esters is 1. The minimum absolute atomic E-state index is 0. The summed E-state index contributed by atoms with van der Waals surface area (Å²) in [5, 5.41) is 40.7. The molecule has 2 atom stereocenters. The van der Waals surface area contributed by atoms with Crippen LogP contribution in [-0.2, 0) is 9.53 Å². The second-order valence-corrected chi connectivity index (χ2v) is 9.35. The van der Waals surface area contributed by atoms with Crippen molar-refractivity contribution >= 4 is 41.4 Å². The molecule has 0 radical (unpaired) electrons. The molecule has 13 nitrogen and oxygen atoms in total. The lowest BCUT2D eigenvalue weighted by Gasteiger charge is -2.12. The Kier molecular flexibility index (Phi) is 28.0. The molecule has 0 aromatic heterocycles. The van der Waals surface area contributed by atoms with Crippen LogP contribution in [0, 0.1) is 51.1 Å². The third-order valence-electron chi connectivity index (χ3n) is 5.93. The van der Waals surface area contributed by atoms with Gasteiger partial charge in [-0.15, -0.1) is 0 Å². The van der Waals surface area contributed by atoms with Crippen molar-refractivity contribution in [3.8, 4) is 0 Å². The van der Waals surface area contributed by atoms with Crippen molar-refractivity contribution in [1.29, 1.82) is 0 Å². The van der Waals surface area contributed by atoms with Crippen LogP contribution in [0.25, 0.3) is 0 Å². The molecule has 0 aliphatic carbocycles. The first kappa shape index (κ1) is 52.8. The SMILES string of the molecule is C.C.C.C.CC(=O)OC(C)c1ccc([N+](=O)[O-])c(C)c1.CC(=O)c1ccc([N+](=O)[O-])c(C)c1.CS.Cc1cc([C@@H](C)O)ccc1[N+](=O)[O-]. The van der Waals surface area contributed by atoms with Gasteiger partial charge in [-0.1, -0.05) is 29.7 Å². The molecule has 3 aromatic rings. The van der Waals surface area contributed by atoms with E-state index in [1.807, 2.05) is 0 Å². The summed E-state index contributed by atoms with van der Waals surface area (Å²) in [5.41, 5.74) is 3.79. The van der Waals surface area contributed by atoms with E-state index in [0.29, 0.717) is 27.8 Å². The van der Waals surface area contributed by atoms with E-state index in [1.165, 1.54) is 44.2 Å². The summed E-state index contributed by atoms with van der Waals surface area (Å²) in [6, 6.07) is 13.6. The number of hydrogen-bond donors (Lipinski definition) is 2. The number of nitro benzene ring substituents is 3. The summed E-state index contributed by atoms with van der Waals surface area (Å²) in [5.74, 6) is -0.457. The second kappa shape index (κ2) is 25.4. The zero-order chi connectivity index (χ0) is 34.3. The molecule has 0 saturated carbocycles. The van der Waals surface area contributed by atoms with Crippen molar-refractivity contribution in [3.05, 3.63) is 118 Å². The van der Waals surface area contributed by atoms with Gasteiger partial charge in [-0.05, 0) is 95.3 Å². The number of benzene rings is 3. The first-order chi connectivity index (χ1) is 20.5. The number of carbonyl (C=O) groups is 2. The summed E-state index contributed by atoms with van der Waals surface area (Å²) in [6.07, 6.45) is 0.719. The summed E-state index contributed by atoms with van der Waals surface area (Å²) in [4.78, 5) is 51.8. The average molecular weight is 696 g/mol. The number of hydrogen-bond acceptors (Lipinski definition) is 11. The maximum atomic E-state index is 10.9. The smallest absolute Gasteiger partial charge is 0.303 e. The van der Waals surface area contributed by atoms with Gasteiger partial charge in [-0.25, -0.2) is 0 Å². The molecule has 1 unspecified atom stereocenters. The summed E-state index contributed by atoms with van der Waals surface area (Å²) in [6.45, 7) is 11.0. The Morgan fingerprint density at radius 3 is 1.29 bits per heavy atom. The van der Waals surface area contributed by atoms with Gasteiger partial charge < -0.3 is 9.84 Å². The Balaban J connectivity index is -0.000000181. The minimum atomic E-state index is -0.584. The van der Waals surface area contributed by atoms with Crippen LogP contribution in [0.5, 0.6) is 0 Å². The minimum Gasteiger partial charge on any atom is -0.458 e. The Hall–Kier alpha value is -4.69. The molecule has 1 N–H and O–H groups in total. The van der Waals surface area contributed by atoms with E-state index in [9.17, 15) is 45.0 Å². The van der Waals surface area contributed by atoms with E-state index in [0.717, 1.165) is 5.56 Å². The number of nitro groups is 3. The fourth-order valence-corrected chi connectivity index (χ4v) is 3.68. The summed E-state index contributed by atoms with van der Waals surface area (Å²) < 4.78 is 4.98. The van der Waals surface area contributed by atoms with Gasteiger partial charge in [0.25, 0.3) is 17.1 Å². The van der Waals surface area contributed by atoms with Crippen LogP contribution in [0.2, 0.25) is 0 Å². The molecular formula is C34H53N3O10S. The van der Waals surface area contributed by atoms with Gasteiger partial charge in [0.05, 0.1) is 20.9 Å². The summed E-state index contributed by atoms with van der Waals surface area (Å²) >= 11 is 3.53. The largest absolute Gasteiger partial charge is 0.458 e. The highest BCUT2D eigenvalue weighted by Crippen LogP contribution is 2.25. The molecule has 0 aliphatic heterocycles. The third kappa shape index (κ3) is 17.3. The lowest BCUT2D eigenvalue weighted by molar-refractivity contribution is -0.385. The van der Waals surface area contributed by atoms with Gasteiger partial charge in [0.1, 0.15) is 6.10 Å². The molecule has 14 heteroatoms.